The predicted octanol–water partition coefficient (Wildman–Crippen LogP) is 4.45. The van der Waals surface area contributed by atoms with E-state index in [4.69, 9.17) is 0 Å². The second-order valence-electron chi connectivity index (χ2n) is 4.34. The molecule has 0 bridgehead atoms. The summed E-state index contributed by atoms with van der Waals surface area (Å²) in [5.74, 6) is 0. The van der Waals surface area contributed by atoms with Crippen molar-refractivity contribution in [2.75, 3.05) is 0 Å². The zero-order valence-electron chi connectivity index (χ0n) is 10.5. The van der Waals surface area contributed by atoms with Crippen LogP contribution in [0.15, 0.2) is 12.2 Å². The first kappa shape index (κ1) is 14.7. The van der Waals surface area contributed by atoms with E-state index in [1.807, 2.05) is 6.08 Å². The van der Waals surface area contributed by atoms with Gasteiger partial charge >= 0.3 is 0 Å². The summed E-state index contributed by atoms with van der Waals surface area (Å²) in [7, 11) is 0. The third-order valence-corrected chi connectivity index (χ3v) is 2.69. The van der Waals surface area contributed by atoms with Gasteiger partial charge < -0.3 is 5.11 Å². The molecule has 1 heteroatoms. The molecule has 90 valence electrons. The number of aliphatic hydroxyl groups is 1. The van der Waals surface area contributed by atoms with Gasteiger partial charge in [-0.2, -0.15) is 0 Å². The maximum atomic E-state index is 9.59. The number of allylic oxidation sites excluding steroid dienone is 1. The maximum Gasteiger partial charge on any atom is 0.0720 e. The van der Waals surface area contributed by atoms with Gasteiger partial charge in [0.05, 0.1) is 6.10 Å². The van der Waals surface area contributed by atoms with Gasteiger partial charge in [-0.15, -0.1) is 0 Å². The molecule has 1 N–H and O–H groups in total. The second-order valence-corrected chi connectivity index (χ2v) is 4.34. The molecule has 1 unspecified atom stereocenters. The van der Waals surface area contributed by atoms with Crippen molar-refractivity contribution >= 4 is 0 Å². The zero-order valence-corrected chi connectivity index (χ0v) is 10.5. The summed E-state index contributed by atoms with van der Waals surface area (Å²) >= 11 is 0. The molecular weight excluding hydrogens is 184 g/mol. The average molecular weight is 212 g/mol. The van der Waals surface area contributed by atoms with Crippen molar-refractivity contribution in [2.45, 2.75) is 77.7 Å². The van der Waals surface area contributed by atoms with E-state index >= 15 is 0 Å². The number of rotatable bonds is 10. The highest BCUT2D eigenvalue weighted by Crippen LogP contribution is 2.06. The molecule has 0 amide bonds. The first-order chi connectivity index (χ1) is 7.31. The van der Waals surface area contributed by atoms with E-state index in [0.29, 0.717) is 0 Å². The summed E-state index contributed by atoms with van der Waals surface area (Å²) in [6, 6.07) is 0. The summed E-state index contributed by atoms with van der Waals surface area (Å²) in [4.78, 5) is 0. The molecule has 0 saturated heterocycles. The van der Waals surface area contributed by atoms with Gasteiger partial charge in [0.1, 0.15) is 0 Å². The molecule has 0 aliphatic rings. The van der Waals surface area contributed by atoms with Crippen LogP contribution in [0.25, 0.3) is 0 Å². The molecule has 0 aromatic rings. The van der Waals surface area contributed by atoms with Crippen LogP contribution in [0.3, 0.4) is 0 Å². The molecule has 0 fully saturated rings. The van der Waals surface area contributed by atoms with Gasteiger partial charge in [-0.25, -0.2) is 0 Å². The number of hydrogen-bond acceptors (Lipinski definition) is 1. The average Bonchev–Trinajstić information content (AvgIpc) is 2.23. The van der Waals surface area contributed by atoms with E-state index < -0.39 is 0 Å². The van der Waals surface area contributed by atoms with Crippen molar-refractivity contribution in [2.24, 2.45) is 0 Å². The van der Waals surface area contributed by atoms with Crippen LogP contribution < -0.4 is 0 Å². The SMILES string of the molecule is CCCCCCC=CC(O)CCCCC. The fraction of sp³-hybridized carbons (Fsp3) is 0.857. The Morgan fingerprint density at radius 3 is 2.27 bits per heavy atom. The van der Waals surface area contributed by atoms with Crippen molar-refractivity contribution in [1.82, 2.24) is 0 Å². The molecular formula is C14H28O. The van der Waals surface area contributed by atoms with Gasteiger partial charge in [0.2, 0.25) is 0 Å². The number of unbranched alkanes of at least 4 members (excludes halogenated alkanes) is 6. The summed E-state index contributed by atoms with van der Waals surface area (Å²) in [6.07, 6.45) is 14.8. The van der Waals surface area contributed by atoms with Crippen LogP contribution in [0.1, 0.15) is 71.6 Å². The lowest BCUT2D eigenvalue weighted by atomic mass is 10.1. The topological polar surface area (TPSA) is 20.2 Å². The van der Waals surface area contributed by atoms with Crippen molar-refractivity contribution in [3.05, 3.63) is 12.2 Å². The minimum atomic E-state index is -0.206. The minimum Gasteiger partial charge on any atom is -0.389 e. The van der Waals surface area contributed by atoms with E-state index in [-0.39, 0.29) is 6.10 Å². The van der Waals surface area contributed by atoms with Gasteiger partial charge in [-0.3, -0.25) is 0 Å². The fourth-order valence-corrected chi connectivity index (χ4v) is 1.64. The van der Waals surface area contributed by atoms with Crippen LogP contribution >= 0.6 is 0 Å². The van der Waals surface area contributed by atoms with Gasteiger partial charge in [0, 0.05) is 0 Å². The van der Waals surface area contributed by atoms with Crippen molar-refractivity contribution in [3.8, 4) is 0 Å². The minimum absolute atomic E-state index is 0.206. The standard InChI is InChI=1S/C14H28O/c1-3-5-7-8-9-11-13-14(15)12-10-6-4-2/h11,13-15H,3-10,12H2,1-2H3. The van der Waals surface area contributed by atoms with Crippen molar-refractivity contribution in [3.63, 3.8) is 0 Å². The summed E-state index contributed by atoms with van der Waals surface area (Å²) in [6.45, 7) is 4.42. The highest BCUT2D eigenvalue weighted by atomic mass is 16.3. The summed E-state index contributed by atoms with van der Waals surface area (Å²) in [5, 5.41) is 9.59. The number of aliphatic hydroxyl groups excluding tert-OH is 1. The molecule has 0 aromatic heterocycles. The van der Waals surface area contributed by atoms with Gasteiger partial charge in [-0.1, -0.05) is 64.5 Å². The molecule has 0 heterocycles. The van der Waals surface area contributed by atoms with Crippen LogP contribution in [-0.4, -0.2) is 11.2 Å². The molecule has 0 aliphatic heterocycles. The van der Waals surface area contributed by atoms with Crippen LogP contribution in [0, 0.1) is 0 Å². The summed E-state index contributed by atoms with van der Waals surface area (Å²) < 4.78 is 0. The Kier molecular flexibility index (Phi) is 11.5. The van der Waals surface area contributed by atoms with Crippen LogP contribution in [0.2, 0.25) is 0 Å². The van der Waals surface area contributed by atoms with Crippen molar-refractivity contribution in [1.29, 1.82) is 0 Å². The molecule has 15 heavy (non-hydrogen) atoms. The number of hydrogen-bond donors (Lipinski definition) is 1. The van der Waals surface area contributed by atoms with E-state index in [2.05, 4.69) is 19.9 Å². The molecule has 1 nitrogen and oxygen atoms in total. The smallest absolute Gasteiger partial charge is 0.0720 e. The van der Waals surface area contributed by atoms with Crippen LogP contribution in [0.5, 0.6) is 0 Å². The zero-order chi connectivity index (χ0) is 11.4. The van der Waals surface area contributed by atoms with Gasteiger partial charge in [-0.05, 0) is 19.3 Å². The lowest BCUT2D eigenvalue weighted by Gasteiger charge is -2.03. The van der Waals surface area contributed by atoms with E-state index in [0.717, 1.165) is 19.3 Å². The Morgan fingerprint density at radius 2 is 1.60 bits per heavy atom. The van der Waals surface area contributed by atoms with Gasteiger partial charge in [0.25, 0.3) is 0 Å². The van der Waals surface area contributed by atoms with E-state index in [9.17, 15) is 5.11 Å². The van der Waals surface area contributed by atoms with E-state index in [1.54, 1.807) is 0 Å². The lowest BCUT2D eigenvalue weighted by molar-refractivity contribution is 0.208. The second kappa shape index (κ2) is 11.8. The van der Waals surface area contributed by atoms with E-state index in [1.165, 1.54) is 38.5 Å². The molecule has 0 aliphatic carbocycles. The lowest BCUT2D eigenvalue weighted by Crippen LogP contribution is -2.01. The Labute approximate surface area is 95.6 Å². The largest absolute Gasteiger partial charge is 0.389 e. The first-order valence-electron chi connectivity index (χ1n) is 6.66. The third kappa shape index (κ3) is 11.6. The Hall–Kier alpha value is -0.300. The molecule has 0 rings (SSSR count). The normalized spacial score (nSPS) is 13.5. The van der Waals surface area contributed by atoms with Gasteiger partial charge in [0.15, 0.2) is 0 Å². The third-order valence-electron chi connectivity index (χ3n) is 2.69. The Bertz CT molecular complexity index is 140. The molecule has 0 spiro atoms. The Morgan fingerprint density at radius 1 is 0.933 bits per heavy atom. The Balaban J connectivity index is 3.25. The monoisotopic (exact) mass is 212 g/mol. The molecule has 0 radical (unpaired) electrons. The highest BCUT2D eigenvalue weighted by molar-refractivity contribution is 4.88. The van der Waals surface area contributed by atoms with Crippen LogP contribution in [0.4, 0.5) is 0 Å². The highest BCUT2D eigenvalue weighted by Gasteiger charge is 1.97. The van der Waals surface area contributed by atoms with Crippen LogP contribution in [-0.2, 0) is 0 Å². The molecule has 1 atom stereocenters. The quantitative estimate of drug-likeness (QED) is 0.419. The predicted molar refractivity (Wildman–Crippen MR) is 68.0 cm³/mol. The maximum absolute atomic E-state index is 9.59. The van der Waals surface area contributed by atoms with Crippen molar-refractivity contribution < 1.29 is 5.11 Å². The summed E-state index contributed by atoms with van der Waals surface area (Å²) in [5.41, 5.74) is 0. The first-order valence-corrected chi connectivity index (χ1v) is 6.66. The fourth-order valence-electron chi connectivity index (χ4n) is 1.64. The molecule has 0 aromatic carbocycles. The molecule has 0 saturated carbocycles.